The third-order valence-corrected chi connectivity index (χ3v) is 5.19. The summed E-state index contributed by atoms with van der Waals surface area (Å²) >= 11 is 6.15. The molecule has 0 saturated carbocycles. The van der Waals surface area contributed by atoms with E-state index in [1.54, 1.807) is 18.2 Å². The van der Waals surface area contributed by atoms with Crippen LogP contribution >= 0.6 is 11.6 Å². The van der Waals surface area contributed by atoms with E-state index in [4.69, 9.17) is 11.6 Å². The fourth-order valence-electron chi connectivity index (χ4n) is 3.36. The fourth-order valence-corrected chi connectivity index (χ4v) is 3.57. The van der Waals surface area contributed by atoms with Crippen LogP contribution < -0.4 is 10.2 Å². The van der Waals surface area contributed by atoms with Gasteiger partial charge < -0.3 is 10.2 Å². The van der Waals surface area contributed by atoms with Gasteiger partial charge in [0.2, 0.25) is 11.9 Å². The number of pyridine rings is 1. The van der Waals surface area contributed by atoms with Gasteiger partial charge in [0.25, 0.3) is 0 Å². The molecule has 0 unspecified atom stereocenters. The van der Waals surface area contributed by atoms with Gasteiger partial charge in [-0.2, -0.15) is 0 Å². The Morgan fingerprint density at radius 2 is 1.93 bits per heavy atom. The van der Waals surface area contributed by atoms with Crippen molar-refractivity contribution in [3.63, 3.8) is 0 Å². The Balaban J connectivity index is 1.34. The molecule has 4 rings (SSSR count). The van der Waals surface area contributed by atoms with Crippen molar-refractivity contribution in [3.05, 3.63) is 59.0 Å². The van der Waals surface area contributed by atoms with Crippen molar-refractivity contribution in [2.75, 3.05) is 18.0 Å². The number of nitrogens with zero attached hydrogens (tertiary/aromatic N) is 4. The van der Waals surface area contributed by atoms with Crippen molar-refractivity contribution in [3.8, 4) is 0 Å². The second-order valence-electron chi connectivity index (χ2n) is 6.66. The second kappa shape index (κ2) is 7.52. The predicted molar refractivity (Wildman–Crippen MR) is 101 cm³/mol. The molecule has 0 atom stereocenters. The van der Waals surface area contributed by atoms with Gasteiger partial charge in [0.1, 0.15) is 5.82 Å². The molecule has 0 aliphatic carbocycles. The lowest BCUT2D eigenvalue weighted by molar-refractivity contribution is -0.125. The first-order valence-corrected chi connectivity index (χ1v) is 9.26. The van der Waals surface area contributed by atoms with Crippen molar-refractivity contribution in [2.24, 2.45) is 5.92 Å². The van der Waals surface area contributed by atoms with Gasteiger partial charge in [-0.15, -0.1) is 10.2 Å². The van der Waals surface area contributed by atoms with Crippen LogP contribution in [0.2, 0.25) is 5.02 Å². The lowest BCUT2D eigenvalue weighted by Crippen LogP contribution is -2.41. The van der Waals surface area contributed by atoms with E-state index in [2.05, 4.69) is 20.4 Å². The van der Waals surface area contributed by atoms with E-state index < -0.39 is 0 Å². The van der Waals surface area contributed by atoms with Crippen LogP contribution in [-0.2, 0) is 11.3 Å². The zero-order chi connectivity index (χ0) is 18.8. The first-order valence-electron chi connectivity index (χ1n) is 8.88. The summed E-state index contributed by atoms with van der Waals surface area (Å²) in [5.74, 6) is 0.468. The van der Waals surface area contributed by atoms with Gasteiger partial charge in [0.05, 0.1) is 5.02 Å². The number of carbonyl (C=O) groups is 1. The van der Waals surface area contributed by atoms with Crippen molar-refractivity contribution in [1.82, 2.24) is 19.9 Å². The number of anilines is 1. The number of rotatable bonds is 4. The molecule has 1 aromatic carbocycles. The Morgan fingerprint density at radius 3 is 2.67 bits per heavy atom. The molecule has 0 bridgehead atoms. The summed E-state index contributed by atoms with van der Waals surface area (Å²) in [7, 11) is 0. The van der Waals surface area contributed by atoms with Gasteiger partial charge in [-0.1, -0.05) is 23.7 Å². The number of hydrogen-bond donors (Lipinski definition) is 1. The highest BCUT2D eigenvalue weighted by molar-refractivity contribution is 6.33. The van der Waals surface area contributed by atoms with E-state index >= 15 is 0 Å². The normalized spacial score (nSPS) is 15.3. The largest absolute Gasteiger partial charge is 0.352 e. The molecule has 140 valence electrons. The van der Waals surface area contributed by atoms with Crippen molar-refractivity contribution in [2.45, 2.75) is 19.4 Å². The molecule has 6 nitrogen and oxygen atoms in total. The number of fused-ring (bicyclic) bond motifs is 1. The lowest BCUT2D eigenvalue weighted by Gasteiger charge is -2.31. The minimum absolute atomic E-state index is 0.0353. The standard InChI is InChI=1S/C19H19ClFN5O/c20-16-2-1-9-26-17(16)23-24-19(26)25-10-7-14(8-11-25)18(27)22-12-13-3-5-15(21)6-4-13/h1-6,9,14H,7-8,10-12H2,(H,22,27). The van der Waals surface area contributed by atoms with Crippen LogP contribution in [0.5, 0.6) is 0 Å². The lowest BCUT2D eigenvalue weighted by atomic mass is 9.96. The van der Waals surface area contributed by atoms with E-state index in [1.807, 2.05) is 16.7 Å². The summed E-state index contributed by atoms with van der Waals surface area (Å²) in [5.41, 5.74) is 1.52. The summed E-state index contributed by atoms with van der Waals surface area (Å²) in [5, 5.41) is 11.9. The molecule has 3 aromatic rings. The Bertz CT molecular complexity index is 950. The van der Waals surface area contributed by atoms with E-state index in [0.717, 1.165) is 37.4 Å². The van der Waals surface area contributed by atoms with Crippen LogP contribution in [0.1, 0.15) is 18.4 Å². The summed E-state index contributed by atoms with van der Waals surface area (Å²) in [6.07, 6.45) is 3.37. The number of amides is 1. The van der Waals surface area contributed by atoms with E-state index in [9.17, 15) is 9.18 Å². The summed E-state index contributed by atoms with van der Waals surface area (Å²) in [6, 6.07) is 9.80. The third kappa shape index (κ3) is 3.73. The van der Waals surface area contributed by atoms with Crippen LogP contribution in [0.4, 0.5) is 10.3 Å². The average Bonchev–Trinajstić information content (AvgIpc) is 3.13. The highest BCUT2D eigenvalue weighted by Crippen LogP contribution is 2.25. The predicted octanol–water partition coefficient (Wildman–Crippen LogP) is 3.05. The summed E-state index contributed by atoms with van der Waals surface area (Å²) in [4.78, 5) is 14.6. The van der Waals surface area contributed by atoms with Crippen LogP contribution in [0.25, 0.3) is 5.65 Å². The minimum Gasteiger partial charge on any atom is -0.352 e. The van der Waals surface area contributed by atoms with E-state index in [-0.39, 0.29) is 17.6 Å². The zero-order valence-electron chi connectivity index (χ0n) is 14.6. The van der Waals surface area contributed by atoms with Crippen LogP contribution in [0.3, 0.4) is 0 Å². The Hall–Kier alpha value is -2.67. The molecular formula is C19H19ClFN5O. The number of aromatic nitrogens is 3. The molecule has 1 saturated heterocycles. The van der Waals surface area contributed by atoms with Gasteiger partial charge in [0.15, 0.2) is 5.65 Å². The molecule has 1 aliphatic heterocycles. The maximum atomic E-state index is 12.9. The van der Waals surface area contributed by atoms with Crippen LogP contribution in [0.15, 0.2) is 42.6 Å². The maximum Gasteiger partial charge on any atom is 0.231 e. The molecule has 0 spiro atoms. The summed E-state index contributed by atoms with van der Waals surface area (Å²) < 4.78 is 14.8. The van der Waals surface area contributed by atoms with Gasteiger partial charge in [-0.3, -0.25) is 9.20 Å². The maximum absolute atomic E-state index is 12.9. The molecule has 8 heteroatoms. The monoisotopic (exact) mass is 387 g/mol. The molecule has 0 radical (unpaired) electrons. The van der Waals surface area contributed by atoms with Crippen molar-refractivity contribution < 1.29 is 9.18 Å². The molecular weight excluding hydrogens is 369 g/mol. The number of piperidine rings is 1. The molecule has 3 heterocycles. The zero-order valence-corrected chi connectivity index (χ0v) is 15.4. The van der Waals surface area contributed by atoms with Gasteiger partial charge in [-0.05, 0) is 42.7 Å². The third-order valence-electron chi connectivity index (χ3n) is 4.90. The van der Waals surface area contributed by atoms with Gasteiger partial charge in [-0.25, -0.2) is 4.39 Å². The molecule has 1 fully saturated rings. The Labute approximate surface area is 161 Å². The smallest absolute Gasteiger partial charge is 0.231 e. The topological polar surface area (TPSA) is 62.5 Å². The minimum atomic E-state index is -0.278. The Morgan fingerprint density at radius 1 is 1.19 bits per heavy atom. The molecule has 1 aliphatic rings. The van der Waals surface area contributed by atoms with E-state index in [0.29, 0.717) is 17.2 Å². The number of nitrogens with one attached hydrogen (secondary N) is 1. The van der Waals surface area contributed by atoms with Gasteiger partial charge in [0, 0.05) is 31.7 Å². The molecule has 1 N–H and O–H groups in total. The molecule has 1 amide bonds. The molecule has 2 aromatic heterocycles. The number of hydrogen-bond acceptors (Lipinski definition) is 4. The highest BCUT2D eigenvalue weighted by atomic mass is 35.5. The second-order valence-corrected chi connectivity index (χ2v) is 7.06. The van der Waals surface area contributed by atoms with Crippen LogP contribution in [-0.4, -0.2) is 33.6 Å². The quantitative estimate of drug-likeness (QED) is 0.747. The highest BCUT2D eigenvalue weighted by Gasteiger charge is 2.27. The average molecular weight is 388 g/mol. The van der Waals surface area contributed by atoms with Crippen molar-refractivity contribution in [1.29, 1.82) is 0 Å². The first-order chi connectivity index (χ1) is 13.1. The number of carbonyl (C=O) groups excluding carboxylic acids is 1. The van der Waals surface area contributed by atoms with Gasteiger partial charge >= 0.3 is 0 Å². The number of halogens is 2. The Kier molecular flexibility index (Phi) is 4.94. The summed E-state index contributed by atoms with van der Waals surface area (Å²) in [6.45, 7) is 1.86. The van der Waals surface area contributed by atoms with Crippen molar-refractivity contribution >= 4 is 29.1 Å². The molecule has 27 heavy (non-hydrogen) atoms. The van der Waals surface area contributed by atoms with E-state index in [1.165, 1.54) is 12.1 Å². The van der Waals surface area contributed by atoms with Crippen LogP contribution in [0, 0.1) is 11.7 Å². The SMILES string of the molecule is O=C(NCc1ccc(F)cc1)C1CCN(c2nnc3c(Cl)cccn23)CC1. The first kappa shape index (κ1) is 17.7. The number of benzene rings is 1. The fraction of sp³-hybridized carbons (Fsp3) is 0.316.